The van der Waals surface area contributed by atoms with Crippen LogP contribution in [0.15, 0.2) is 24.3 Å². The fourth-order valence-electron chi connectivity index (χ4n) is 0.665. The van der Waals surface area contributed by atoms with Gasteiger partial charge in [-0.05, 0) is 13.3 Å². The van der Waals surface area contributed by atoms with Crippen LogP contribution in [0.5, 0.6) is 0 Å². The first kappa shape index (κ1) is 12.4. The number of hydroxylamine groups is 1. The standard InChI is InChI=1S/C10H15NO3/c1-3-5-6-8-10(13)14-11-9(12)7-4-2/h3,5-6,8H,4,7H2,1-2H3,(H,11,12)/b5-3+,8-6+. The summed E-state index contributed by atoms with van der Waals surface area (Å²) in [7, 11) is 0. The van der Waals surface area contributed by atoms with E-state index in [0.29, 0.717) is 6.42 Å². The molecule has 4 heteroatoms. The third kappa shape index (κ3) is 7.09. The van der Waals surface area contributed by atoms with Crippen LogP contribution in [0.1, 0.15) is 26.7 Å². The average molecular weight is 197 g/mol. The largest absolute Gasteiger partial charge is 0.355 e. The van der Waals surface area contributed by atoms with Crippen LogP contribution in [-0.2, 0) is 14.4 Å². The summed E-state index contributed by atoms with van der Waals surface area (Å²) in [6, 6.07) is 0. The van der Waals surface area contributed by atoms with E-state index in [1.54, 1.807) is 12.2 Å². The lowest BCUT2D eigenvalue weighted by Gasteiger charge is -2.01. The van der Waals surface area contributed by atoms with Crippen molar-refractivity contribution in [1.82, 2.24) is 5.48 Å². The molecule has 0 spiro atoms. The Morgan fingerprint density at radius 1 is 1.36 bits per heavy atom. The Balaban J connectivity index is 3.68. The molecule has 1 N–H and O–H groups in total. The van der Waals surface area contributed by atoms with Gasteiger partial charge >= 0.3 is 5.97 Å². The van der Waals surface area contributed by atoms with Crippen molar-refractivity contribution < 1.29 is 14.4 Å². The zero-order valence-electron chi connectivity index (χ0n) is 8.45. The van der Waals surface area contributed by atoms with Crippen molar-refractivity contribution in [1.29, 1.82) is 0 Å². The first-order valence-electron chi connectivity index (χ1n) is 4.49. The second-order valence-electron chi connectivity index (χ2n) is 2.58. The third-order valence-electron chi connectivity index (χ3n) is 1.28. The number of carbonyl (C=O) groups is 2. The highest BCUT2D eigenvalue weighted by Crippen LogP contribution is 1.86. The van der Waals surface area contributed by atoms with E-state index in [-0.39, 0.29) is 5.91 Å². The lowest BCUT2D eigenvalue weighted by Crippen LogP contribution is -2.25. The van der Waals surface area contributed by atoms with Crippen molar-refractivity contribution >= 4 is 11.9 Å². The van der Waals surface area contributed by atoms with Gasteiger partial charge in [-0.15, -0.1) is 0 Å². The minimum Gasteiger partial charge on any atom is -0.336 e. The maximum Gasteiger partial charge on any atom is 0.355 e. The van der Waals surface area contributed by atoms with E-state index >= 15 is 0 Å². The third-order valence-corrected chi connectivity index (χ3v) is 1.28. The van der Waals surface area contributed by atoms with Gasteiger partial charge in [0.05, 0.1) is 0 Å². The van der Waals surface area contributed by atoms with Gasteiger partial charge in [-0.2, -0.15) is 5.48 Å². The number of nitrogens with one attached hydrogen (secondary N) is 1. The Kier molecular flexibility index (Phi) is 7.13. The van der Waals surface area contributed by atoms with E-state index in [9.17, 15) is 9.59 Å². The summed E-state index contributed by atoms with van der Waals surface area (Å²) in [5, 5.41) is 0. The molecule has 0 atom stereocenters. The first-order valence-corrected chi connectivity index (χ1v) is 4.49. The molecule has 0 bridgehead atoms. The van der Waals surface area contributed by atoms with Crippen LogP contribution < -0.4 is 5.48 Å². The normalized spacial score (nSPS) is 10.7. The van der Waals surface area contributed by atoms with Gasteiger partial charge in [0.1, 0.15) is 0 Å². The van der Waals surface area contributed by atoms with Gasteiger partial charge in [0, 0.05) is 12.5 Å². The van der Waals surface area contributed by atoms with Crippen molar-refractivity contribution in [3.63, 3.8) is 0 Å². The van der Waals surface area contributed by atoms with Gasteiger partial charge in [-0.3, -0.25) is 4.79 Å². The summed E-state index contributed by atoms with van der Waals surface area (Å²) in [4.78, 5) is 26.2. The van der Waals surface area contributed by atoms with E-state index < -0.39 is 5.97 Å². The Morgan fingerprint density at radius 3 is 2.64 bits per heavy atom. The lowest BCUT2D eigenvalue weighted by atomic mass is 10.3. The van der Waals surface area contributed by atoms with Crippen LogP contribution in [0.3, 0.4) is 0 Å². The van der Waals surface area contributed by atoms with Crippen LogP contribution in [0, 0.1) is 0 Å². The maximum atomic E-state index is 10.9. The number of rotatable bonds is 4. The molecule has 0 saturated carbocycles. The molecule has 0 unspecified atom stereocenters. The van der Waals surface area contributed by atoms with Crippen LogP contribution in [0.25, 0.3) is 0 Å². The van der Waals surface area contributed by atoms with Gasteiger partial charge in [0.2, 0.25) is 0 Å². The van der Waals surface area contributed by atoms with Crippen LogP contribution >= 0.6 is 0 Å². The highest BCUT2D eigenvalue weighted by molar-refractivity contribution is 5.84. The Hall–Kier alpha value is -1.58. The molecule has 0 heterocycles. The minimum atomic E-state index is -0.590. The predicted molar refractivity (Wildman–Crippen MR) is 53.1 cm³/mol. The smallest absolute Gasteiger partial charge is 0.336 e. The highest BCUT2D eigenvalue weighted by Gasteiger charge is 2.01. The Labute approximate surface area is 83.6 Å². The molecule has 14 heavy (non-hydrogen) atoms. The zero-order valence-corrected chi connectivity index (χ0v) is 8.45. The maximum absolute atomic E-state index is 10.9. The molecule has 0 aromatic carbocycles. The molecule has 1 amide bonds. The van der Waals surface area contributed by atoms with E-state index in [2.05, 4.69) is 4.84 Å². The van der Waals surface area contributed by atoms with E-state index in [1.165, 1.54) is 12.2 Å². The summed E-state index contributed by atoms with van der Waals surface area (Å²) in [5.74, 6) is -0.882. The molecule has 0 saturated heterocycles. The molecule has 0 aromatic rings. The quantitative estimate of drug-likeness (QED) is 0.422. The molecule has 0 fully saturated rings. The van der Waals surface area contributed by atoms with Crippen molar-refractivity contribution in [2.75, 3.05) is 0 Å². The summed E-state index contributed by atoms with van der Waals surface area (Å²) < 4.78 is 0. The number of hydrogen-bond acceptors (Lipinski definition) is 3. The number of allylic oxidation sites excluding steroid dienone is 3. The molecule has 78 valence electrons. The topological polar surface area (TPSA) is 55.4 Å². The number of amides is 1. The molecule has 0 aromatic heterocycles. The van der Waals surface area contributed by atoms with Gasteiger partial charge in [0.25, 0.3) is 5.91 Å². The van der Waals surface area contributed by atoms with Crippen LogP contribution in [0.2, 0.25) is 0 Å². The lowest BCUT2D eigenvalue weighted by molar-refractivity contribution is -0.153. The SMILES string of the molecule is C/C=C/C=C/C(=O)ONC(=O)CCC. The van der Waals surface area contributed by atoms with E-state index in [0.717, 1.165) is 6.42 Å². The molecule has 0 aliphatic heterocycles. The fraction of sp³-hybridized carbons (Fsp3) is 0.400. The van der Waals surface area contributed by atoms with Crippen molar-refractivity contribution in [2.45, 2.75) is 26.7 Å². The molecule has 0 aliphatic carbocycles. The van der Waals surface area contributed by atoms with Gasteiger partial charge < -0.3 is 4.84 Å². The van der Waals surface area contributed by atoms with Gasteiger partial charge in [-0.25, -0.2) is 4.79 Å². The number of hydrogen-bond donors (Lipinski definition) is 1. The monoisotopic (exact) mass is 197 g/mol. The molecule has 0 radical (unpaired) electrons. The van der Waals surface area contributed by atoms with Crippen LogP contribution in [0.4, 0.5) is 0 Å². The average Bonchev–Trinajstić information content (AvgIpc) is 2.16. The summed E-state index contributed by atoms with van der Waals surface area (Å²) >= 11 is 0. The molecular weight excluding hydrogens is 182 g/mol. The minimum absolute atomic E-state index is 0.291. The van der Waals surface area contributed by atoms with Crippen molar-refractivity contribution in [2.24, 2.45) is 0 Å². The van der Waals surface area contributed by atoms with Gasteiger partial charge in [0.15, 0.2) is 0 Å². The zero-order chi connectivity index (χ0) is 10.8. The van der Waals surface area contributed by atoms with E-state index in [1.807, 2.05) is 19.3 Å². The summed E-state index contributed by atoms with van der Waals surface area (Å²) in [6.45, 7) is 3.70. The second kappa shape index (κ2) is 8.04. The Bertz CT molecular complexity index is 244. The predicted octanol–water partition coefficient (Wildman–Crippen LogP) is 1.49. The molecule has 4 nitrogen and oxygen atoms in total. The fourth-order valence-corrected chi connectivity index (χ4v) is 0.665. The summed E-state index contributed by atoms with van der Waals surface area (Å²) in [5.41, 5.74) is 2.05. The van der Waals surface area contributed by atoms with Gasteiger partial charge in [-0.1, -0.05) is 25.2 Å². The first-order chi connectivity index (χ1) is 6.70. The number of carbonyl (C=O) groups excluding carboxylic acids is 2. The van der Waals surface area contributed by atoms with Crippen molar-refractivity contribution in [3.8, 4) is 0 Å². The van der Waals surface area contributed by atoms with Crippen LogP contribution in [-0.4, -0.2) is 11.9 Å². The molecular formula is C10H15NO3. The van der Waals surface area contributed by atoms with E-state index in [4.69, 9.17) is 0 Å². The molecule has 0 rings (SSSR count). The van der Waals surface area contributed by atoms with Crippen molar-refractivity contribution in [3.05, 3.63) is 24.3 Å². The summed E-state index contributed by atoms with van der Waals surface area (Å²) in [6.07, 6.45) is 7.30. The molecule has 0 aliphatic rings. The highest BCUT2D eigenvalue weighted by atomic mass is 16.7. The Morgan fingerprint density at radius 2 is 2.07 bits per heavy atom. The second-order valence-corrected chi connectivity index (χ2v) is 2.58.